The van der Waals surface area contributed by atoms with Crippen LogP contribution in [0.2, 0.25) is 0 Å². The van der Waals surface area contributed by atoms with Crippen LogP contribution in [0.1, 0.15) is 39.2 Å². The van der Waals surface area contributed by atoms with Gasteiger partial charge in [-0.05, 0) is 66.1 Å². The third kappa shape index (κ3) is 3.36. The summed E-state index contributed by atoms with van der Waals surface area (Å²) < 4.78 is 0. The molecule has 1 fully saturated rings. The fourth-order valence-corrected chi connectivity index (χ4v) is 5.07. The Labute approximate surface area is 174 Å². The van der Waals surface area contributed by atoms with Crippen LogP contribution in [0.25, 0.3) is 0 Å². The third-order valence-corrected chi connectivity index (χ3v) is 7.04. The van der Waals surface area contributed by atoms with Crippen molar-refractivity contribution >= 4 is 28.8 Å². The summed E-state index contributed by atoms with van der Waals surface area (Å²) in [4.78, 5) is 28.8. The molecule has 0 spiro atoms. The predicted molar refractivity (Wildman–Crippen MR) is 115 cm³/mol. The van der Waals surface area contributed by atoms with Crippen LogP contribution >= 0.6 is 11.3 Å². The molecular formula is C24H22N2O2S. The molecule has 1 saturated carbocycles. The van der Waals surface area contributed by atoms with Crippen molar-refractivity contribution in [3.05, 3.63) is 87.6 Å². The summed E-state index contributed by atoms with van der Waals surface area (Å²) in [6, 6.07) is 19.6. The van der Waals surface area contributed by atoms with Gasteiger partial charge in [0.2, 0.25) is 5.91 Å². The van der Waals surface area contributed by atoms with Crippen LogP contribution < -0.4 is 5.32 Å². The molecule has 0 saturated heterocycles. The number of amides is 2. The van der Waals surface area contributed by atoms with E-state index in [-0.39, 0.29) is 17.2 Å². The molecule has 2 amide bonds. The van der Waals surface area contributed by atoms with Crippen molar-refractivity contribution in [1.29, 1.82) is 0 Å². The number of carbonyl (C=O) groups excluding carboxylic acids is 2. The summed E-state index contributed by atoms with van der Waals surface area (Å²) in [5.74, 6) is 0.133. The van der Waals surface area contributed by atoms with Gasteiger partial charge in [-0.3, -0.25) is 9.59 Å². The highest BCUT2D eigenvalue weighted by Crippen LogP contribution is 2.50. The summed E-state index contributed by atoms with van der Waals surface area (Å²) in [5, 5.41) is 5.15. The van der Waals surface area contributed by atoms with Crippen molar-refractivity contribution in [2.75, 3.05) is 11.9 Å². The molecule has 5 rings (SSSR count). The van der Waals surface area contributed by atoms with Crippen LogP contribution in [0, 0.1) is 0 Å². The molecule has 29 heavy (non-hydrogen) atoms. The number of nitrogens with one attached hydrogen (secondary N) is 1. The molecule has 2 heterocycles. The molecule has 146 valence electrons. The largest absolute Gasteiger partial charge is 0.334 e. The molecule has 0 bridgehead atoms. The second kappa shape index (κ2) is 7.16. The number of thiophene rings is 1. The normalized spacial score (nSPS) is 16.8. The number of benzene rings is 2. The van der Waals surface area contributed by atoms with E-state index in [0.29, 0.717) is 18.7 Å². The topological polar surface area (TPSA) is 49.4 Å². The highest BCUT2D eigenvalue weighted by molar-refractivity contribution is 7.10. The fourth-order valence-electron chi connectivity index (χ4n) is 4.08. The van der Waals surface area contributed by atoms with Gasteiger partial charge >= 0.3 is 0 Å². The van der Waals surface area contributed by atoms with Gasteiger partial charge in [0.1, 0.15) is 0 Å². The molecule has 2 aliphatic rings. The van der Waals surface area contributed by atoms with E-state index in [4.69, 9.17) is 0 Å². The molecule has 0 radical (unpaired) electrons. The van der Waals surface area contributed by atoms with Crippen LogP contribution in [0.5, 0.6) is 0 Å². The maximum absolute atomic E-state index is 13.0. The van der Waals surface area contributed by atoms with E-state index in [1.807, 2.05) is 58.8 Å². The number of nitrogens with zero attached hydrogens (tertiary/aromatic N) is 1. The Morgan fingerprint density at radius 3 is 2.52 bits per heavy atom. The molecule has 1 N–H and O–H groups in total. The van der Waals surface area contributed by atoms with E-state index in [1.54, 1.807) is 11.3 Å². The molecular weight excluding hydrogens is 380 g/mol. The third-order valence-electron chi connectivity index (χ3n) is 5.96. The summed E-state index contributed by atoms with van der Waals surface area (Å²) >= 11 is 1.65. The highest BCUT2D eigenvalue weighted by Gasteiger charge is 2.52. The molecule has 5 heteroatoms. The molecule has 0 atom stereocenters. The first-order valence-corrected chi connectivity index (χ1v) is 10.9. The Hall–Kier alpha value is -2.92. The van der Waals surface area contributed by atoms with Gasteiger partial charge in [-0.15, -0.1) is 11.3 Å². The minimum atomic E-state index is -0.348. The summed E-state index contributed by atoms with van der Waals surface area (Å²) in [5.41, 5.74) is 3.54. The summed E-state index contributed by atoms with van der Waals surface area (Å²) in [6.45, 7) is 1.29. The van der Waals surface area contributed by atoms with Crippen molar-refractivity contribution in [3.63, 3.8) is 0 Å². The van der Waals surface area contributed by atoms with Gasteiger partial charge in [-0.2, -0.15) is 0 Å². The smallest absolute Gasteiger partial charge is 0.254 e. The van der Waals surface area contributed by atoms with E-state index in [2.05, 4.69) is 17.4 Å². The quantitative estimate of drug-likeness (QED) is 0.692. The molecule has 4 nitrogen and oxygen atoms in total. The van der Waals surface area contributed by atoms with Gasteiger partial charge in [0.25, 0.3) is 5.91 Å². The minimum Gasteiger partial charge on any atom is -0.334 e. The maximum atomic E-state index is 13.0. The maximum Gasteiger partial charge on any atom is 0.254 e. The zero-order valence-electron chi connectivity index (χ0n) is 16.1. The number of hydrogen-bond acceptors (Lipinski definition) is 3. The van der Waals surface area contributed by atoms with Crippen LogP contribution in [0.15, 0.2) is 66.0 Å². The lowest BCUT2D eigenvalue weighted by atomic mass is 9.98. The van der Waals surface area contributed by atoms with Crippen LogP contribution in [0.3, 0.4) is 0 Å². The Morgan fingerprint density at radius 2 is 1.79 bits per heavy atom. The summed E-state index contributed by atoms with van der Waals surface area (Å²) in [7, 11) is 0. The van der Waals surface area contributed by atoms with Crippen LogP contribution in [-0.2, 0) is 23.2 Å². The molecule has 1 aromatic heterocycles. The van der Waals surface area contributed by atoms with Crippen molar-refractivity contribution < 1.29 is 9.59 Å². The van der Waals surface area contributed by atoms with E-state index >= 15 is 0 Å². The lowest BCUT2D eigenvalue weighted by Gasteiger charge is -2.29. The van der Waals surface area contributed by atoms with Crippen molar-refractivity contribution in [2.24, 2.45) is 0 Å². The lowest BCUT2D eigenvalue weighted by molar-refractivity contribution is -0.118. The first-order chi connectivity index (χ1) is 14.2. The average molecular weight is 403 g/mol. The average Bonchev–Trinajstić information content (AvgIpc) is 3.39. The van der Waals surface area contributed by atoms with Crippen molar-refractivity contribution in [3.8, 4) is 0 Å². The minimum absolute atomic E-state index is 0.0558. The second-order valence-electron chi connectivity index (χ2n) is 7.84. The highest BCUT2D eigenvalue weighted by atomic mass is 32.1. The molecule has 1 aliphatic carbocycles. The van der Waals surface area contributed by atoms with Gasteiger partial charge in [0, 0.05) is 29.2 Å². The first kappa shape index (κ1) is 18.1. The number of fused-ring (bicyclic) bond motifs is 1. The fraction of sp³-hybridized carbons (Fsp3) is 0.250. The van der Waals surface area contributed by atoms with Gasteiger partial charge in [-0.1, -0.05) is 30.3 Å². The number of carbonyl (C=O) groups is 2. The van der Waals surface area contributed by atoms with E-state index in [1.165, 1.54) is 5.56 Å². The Bertz CT molecular complexity index is 1060. The molecule has 2 aromatic carbocycles. The predicted octanol–water partition coefficient (Wildman–Crippen LogP) is 4.62. The van der Waals surface area contributed by atoms with E-state index < -0.39 is 0 Å². The van der Waals surface area contributed by atoms with Crippen molar-refractivity contribution in [2.45, 2.75) is 31.2 Å². The monoisotopic (exact) mass is 402 g/mol. The standard InChI is InChI=1S/C24H22N2O2S/c27-22(18-5-2-1-3-6-18)26-13-10-17-8-9-20(15-19(17)16-26)25-23(28)24(11-12-24)21-7-4-14-29-21/h1-9,14-15H,10-13,16H2,(H,25,28). The first-order valence-electron chi connectivity index (χ1n) is 9.97. The number of rotatable bonds is 4. The molecule has 0 unspecified atom stereocenters. The van der Waals surface area contributed by atoms with Crippen molar-refractivity contribution in [1.82, 2.24) is 4.90 Å². The van der Waals surface area contributed by atoms with Crippen LogP contribution in [0.4, 0.5) is 5.69 Å². The number of hydrogen-bond donors (Lipinski definition) is 1. The Morgan fingerprint density at radius 1 is 0.966 bits per heavy atom. The summed E-state index contributed by atoms with van der Waals surface area (Å²) in [6.07, 6.45) is 2.65. The zero-order valence-corrected chi connectivity index (χ0v) is 16.9. The van der Waals surface area contributed by atoms with Gasteiger partial charge in [-0.25, -0.2) is 0 Å². The SMILES string of the molecule is O=C(c1ccccc1)N1CCc2ccc(NC(=O)C3(c4cccs4)CC3)cc2C1. The van der Waals surface area contributed by atoms with E-state index in [0.717, 1.165) is 35.4 Å². The molecule has 1 aliphatic heterocycles. The number of anilines is 1. The molecule has 3 aromatic rings. The Balaban J connectivity index is 1.33. The van der Waals surface area contributed by atoms with Gasteiger partial charge < -0.3 is 10.2 Å². The van der Waals surface area contributed by atoms with Gasteiger partial charge in [0.05, 0.1) is 5.41 Å². The lowest BCUT2D eigenvalue weighted by Crippen LogP contribution is -2.36. The second-order valence-corrected chi connectivity index (χ2v) is 8.79. The van der Waals surface area contributed by atoms with Gasteiger partial charge in [0.15, 0.2) is 0 Å². The Kier molecular flexibility index (Phi) is 4.47. The van der Waals surface area contributed by atoms with E-state index in [9.17, 15) is 9.59 Å². The zero-order chi connectivity index (χ0) is 19.8. The van der Waals surface area contributed by atoms with Crippen LogP contribution in [-0.4, -0.2) is 23.3 Å².